The van der Waals surface area contributed by atoms with E-state index in [0.717, 1.165) is 0 Å². The first-order valence-electron chi connectivity index (χ1n) is 9.38. The number of methoxy groups -OCH3 is 2. The number of hydrogen-bond donors (Lipinski definition) is 1. The van der Waals surface area contributed by atoms with Crippen molar-refractivity contribution in [2.24, 2.45) is 0 Å². The standard InChI is InChI=1S/C21H21N3O6/c1-4-24(21(26)12-5-6-15-18(7-12)30-11-29-15)10-19-22-14-9-17(28-3)16(27-2)8-13(14)20(25)23-19/h5-9H,4,10-11H2,1-3H3,(H,22,23,25). The Morgan fingerprint density at radius 1 is 1.13 bits per heavy atom. The van der Waals surface area contributed by atoms with Gasteiger partial charge < -0.3 is 28.8 Å². The van der Waals surface area contributed by atoms with Gasteiger partial charge in [-0.05, 0) is 31.2 Å². The smallest absolute Gasteiger partial charge is 0.258 e. The van der Waals surface area contributed by atoms with E-state index >= 15 is 0 Å². The molecule has 3 aromatic rings. The summed E-state index contributed by atoms with van der Waals surface area (Å²) < 4.78 is 21.2. The van der Waals surface area contributed by atoms with Crippen LogP contribution in [0.25, 0.3) is 10.9 Å². The normalized spacial score (nSPS) is 12.1. The summed E-state index contributed by atoms with van der Waals surface area (Å²) in [5, 5.41) is 0.376. The molecule has 0 spiro atoms. The summed E-state index contributed by atoms with van der Waals surface area (Å²) in [6, 6.07) is 8.27. The SMILES string of the molecule is CCN(Cc1nc2cc(OC)c(OC)cc2c(=O)[nH]1)C(=O)c1ccc2c(c1)OCO2. The largest absolute Gasteiger partial charge is 0.493 e. The second-order valence-electron chi connectivity index (χ2n) is 6.62. The Labute approximate surface area is 172 Å². The quantitative estimate of drug-likeness (QED) is 0.664. The Bertz CT molecular complexity index is 1170. The van der Waals surface area contributed by atoms with Gasteiger partial charge in [-0.3, -0.25) is 9.59 Å². The van der Waals surface area contributed by atoms with Gasteiger partial charge in [0.15, 0.2) is 23.0 Å². The van der Waals surface area contributed by atoms with Crippen LogP contribution in [0.2, 0.25) is 0 Å². The van der Waals surface area contributed by atoms with Crippen LogP contribution in [0.4, 0.5) is 0 Å². The van der Waals surface area contributed by atoms with E-state index in [2.05, 4.69) is 9.97 Å². The van der Waals surface area contributed by atoms with Crippen LogP contribution in [0.1, 0.15) is 23.1 Å². The molecule has 1 aliphatic heterocycles. The molecule has 0 radical (unpaired) electrons. The Balaban J connectivity index is 1.64. The molecule has 0 aliphatic carbocycles. The lowest BCUT2D eigenvalue weighted by Crippen LogP contribution is -2.32. The first-order chi connectivity index (χ1) is 14.5. The number of ether oxygens (including phenoxy) is 4. The zero-order chi connectivity index (χ0) is 21.3. The van der Waals surface area contributed by atoms with Crippen LogP contribution in [0.15, 0.2) is 35.1 Å². The van der Waals surface area contributed by atoms with Gasteiger partial charge in [0.05, 0.1) is 31.7 Å². The summed E-state index contributed by atoms with van der Waals surface area (Å²) in [6.45, 7) is 2.57. The molecule has 0 atom stereocenters. The number of carbonyl (C=O) groups is 1. The summed E-state index contributed by atoms with van der Waals surface area (Å²) in [7, 11) is 3.02. The van der Waals surface area contributed by atoms with Gasteiger partial charge >= 0.3 is 0 Å². The van der Waals surface area contributed by atoms with Crippen molar-refractivity contribution in [3.63, 3.8) is 0 Å². The molecule has 156 valence electrons. The third kappa shape index (κ3) is 3.49. The van der Waals surface area contributed by atoms with Crippen molar-refractivity contribution in [2.75, 3.05) is 27.6 Å². The highest BCUT2D eigenvalue weighted by Crippen LogP contribution is 2.33. The topological polar surface area (TPSA) is 103 Å². The minimum Gasteiger partial charge on any atom is -0.493 e. The predicted molar refractivity (Wildman–Crippen MR) is 108 cm³/mol. The molecule has 30 heavy (non-hydrogen) atoms. The molecule has 0 saturated carbocycles. The number of benzene rings is 2. The van der Waals surface area contributed by atoms with Crippen LogP contribution >= 0.6 is 0 Å². The van der Waals surface area contributed by atoms with Crippen molar-refractivity contribution in [2.45, 2.75) is 13.5 Å². The number of amides is 1. The molecular formula is C21H21N3O6. The second kappa shape index (κ2) is 7.94. The summed E-state index contributed by atoms with van der Waals surface area (Å²) in [5.41, 5.74) is 0.608. The van der Waals surface area contributed by atoms with Gasteiger partial charge in [0.25, 0.3) is 11.5 Å². The third-order valence-corrected chi connectivity index (χ3v) is 4.89. The third-order valence-electron chi connectivity index (χ3n) is 4.89. The molecule has 9 heteroatoms. The maximum atomic E-state index is 13.0. The highest BCUT2D eigenvalue weighted by Gasteiger charge is 2.21. The van der Waals surface area contributed by atoms with Crippen LogP contribution in [0.5, 0.6) is 23.0 Å². The van der Waals surface area contributed by atoms with E-state index in [1.54, 1.807) is 35.2 Å². The molecule has 0 unspecified atom stereocenters. The molecule has 0 fully saturated rings. The number of H-pyrrole nitrogens is 1. The molecule has 2 aromatic carbocycles. The molecule has 9 nitrogen and oxygen atoms in total. The van der Waals surface area contributed by atoms with E-state index in [1.807, 2.05) is 6.92 Å². The van der Waals surface area contributed by atoms with Crippen LogP contribution < -0.4 is 24.5 Å². The second-order valence-corrected chi connectivity index (χ2v) is 6.62. The van der Waals surface area contributed by atoms with E-state index < -0.39 is 0 Å². The minimum atomic E-state index is -0.317. The van der Waals surface area contributed by atoms with Crippen molar-refractivity contribution in [3.8, 4) is 23.0 Å². The van der Waals surface area contributed by atoms with Gasteiger partial charge in [-0.1, -0.05) is 0 Å². The van der Waals surface area contributed by atoms with Crippen molar-refractivity contribution in [3.05, 3.63) is 52.1 Å². The number of carbonyl (C=O) groups excluding carboxylic acids is 1. The average molecular weight is 411 g/mol. The van der Waals surface area contributed by atoms with Crippen LogP contribution in [0.3, 0.4) is 0 Å². The molecule has 1 N–H and O–H groups in total. The molecule has 1 aliphatic rings. The number of hydrogen-bond acceptors (Lipinski definition) is 7. The Hall–Kier alpha value is -3.75. The Morgan fingerprint density at radius 2 is 1.87 bits per heavy atom. The first-order valence-corrected chi connectivity index (χ1v) is 9.38. The Morgan fingerprint density at radius 3 is 2.60 bits per heavy atom. The molecule has 4 rings (SSSR count). The maximum absolute atomic E-state index is 13.0. The van der Waals surface area contributed by atoms with E-state index in [1.165, 1.54) is 14.2 Å². The number of nitrogens with zero attached hydrogens (tertiary/aromatic N) is 2. The number of aromatic amines is 1. The fourth-order valence-electron chi connectivity index (χ4n) is 3.31. The summed E-state index contributed by atoms with van der Waals surface area (Å²) in [4.78, 5) is 34.4. The number of aromatic nitrogens is 2. The van der Waals surface area contributed by atoms with E-state index in [4.69, 9.17) is 18.9 Å². The molecule has 2 heterocycles. The van der Waals surface area contributed by atoms with Gasteiger partial charge in [-0.25, -0.2) is 4.98 Å². The number of nitrogens with one attached hydrogen (secondary N) is 1. The summed E-state index contributed by atoms with van der Waals surface area (Å²) in [5.74, 6) is 2.23. The van der Waals surface area contributed by atoms with Crippen LogP contribution in [-0.4, -0.2) is 48.3 Å². The van der Waals surface area contributed by atoms with Crippen LogP contribution in [-0.2, 0) is 6.54 Å². The summed E-state index contributed by atoms with van der Waals surface area (Å²) >= 11 is 0. The zero-order valence-electron chi connectivity index (χ0n) is 16.9. The van der Waals surface area contributed by atoms with E-state index in [-0.39, 0.29) is 24.8 Å². The highest BCUT2D eigenvalue weighted by atomic mass is 16.7. The predicted octanol–water partition coefficient (Wildman–Crippen LogP) is 2.33. The van der Waals surface area contributed by atoms with Gasteiger partial charge in [0, 0.05) is 18.2 Å². The van der Waals surface area contributed by atoms with Gasteiger partial charge in [0.1, 0.15) is 5.82 Å². The lowest BCUT2D eigenvalue weighted by Gasteiger charge is -2.20. The molecule has 0 bridgehead atoms. The maximum Gasteiger partial charge on any atom is 0.258 e. The van der Waals surface area contributed by atoms with Crippen molar-refractivity contribution < 1.29 is 23.7 Å². The molecule has 1 amide bonds. The lowest BCUT2D eigenvalue weighted by molar-refractivity contribution is 0.0748. The lowest BCUT2D eigenvalue weighted by atomic mass is 10.1. The Kier molecular flexibility index (Phi) is 5.18. The van der Waals surface area contributed by atoms with Crippen molar-refractivity contribution in [1.82, 2.24) is 14.9 Å². The minimum absolute atomic E-state index is 0.140. The summed E-state index contributed by atoms with van der Waals surface area (Å²) in [6.07, 6.45) is 0. The average Bonchev–Trinajstić information content (AvgIpc) is 3.24. The number of fused-ring (bicyclic) bond motifs is 2. The fourth-order valence-corrected chi connectivity index (χ4v) is 3.31. The molecular weight excluding hydrogens is 390 g/mol. The van der Waals surface area contributed by atoms with Crippen molar-refractivity contribution >= 4 is 16.8 Å². The van der Waals surface area contributed by atoms with Gasteiger partial charge in [0.2, 0.25) is 6.79 Å². The number of rotatable bonds is 6. The van der Waals surface area contributed by atoms with Gasteiger partial charge in [-0.15, -0.1) is 0 Å². The highest BCUT2D eigenvalue weighted by molar-refractivity contribution is 5.95. The van der Waals surface area contributed by atoms with E-state index in [0.29, 0.717) is 51.8 Å². The molecule has 0 saturated heterocycles. The zero-order valence-corrected chi connectivity index (χ0v) is 16.9. The monoisotopic (exact) mass is 411 g/mol. The fraction of sp³-hybridized carbons (Fsp3) is 0.286. The van der Waals surface area contributed by atoms with E-state index in [9.17, 15) is 9.59 Å². The van der Waals surface area contributed by atoms with Crippen molar-refractivity contribution in [1.29, 1.82) is 0 Å². The van der Waals surface area contributed by atoms with Crippen LogP contribution in [0, 0.1) is 0 Å². The first kappa shape index (κ1) is 19.6. The molecule has 1 aromatic heterocycles. The van der Waals surface area contributed by atoms with Gasteiger partial charge in [-0.2, -0.15) is 0 Å².